The molecule has 0 aliphatic rings. The van der Waals surface area contributed by atoms with Crippen LogP contribution in [0.4, 0.5) is 0 Å². The van der Waals surface area contributed by atoms with Crippen molar-refractivity contribution in [3.63, 3.8) is 0 Å². The molecule has 0 N–H and O–H groups in total. The number of nitrogens with zero attached hydrogens (tertiary/aromatic N) is 1. The van der Waals surface area contributed by atoms with Crippen LogP contribution in [0.25, 0.3) is 10.1 Å². The van der Waals surface area contributed by atoms with Crippen molar-refractivity contribution in [3.05, 3.63) is 28.1 Å². The zero-order valence-electron chi connectivity index (χ0n) is 7.37. The summed E-state index contributed by atoms with van der Waals surface area (Å²) in [5.41, 5.74) is 0. The van der Waals surface area contributed by atoms with Gasteiger partial charge in [-0.1, -0.05) is 17.7 Å². The number of thiophene rings is 1. The molecule has 0 unspecified atom stereocenters. The number of benzene rings is 1. The van der Waals surface area contributed by atoms with Crippen LogP contribution in [-0.4, -0.2) is 6.26 Å². The van der Waals surface area contributed by atoms with Gasteiger partial charge in [-0.05, 0) is 18.4 Å². The van der Waals surface area contributed by atoms with E-state index in [2.05, 4.69) is 6.07 Å². The molecular formula is C10H6ClNS2. The van der Waals surface area contributed by atoms with E-state index in [9.17, 15) is 0 Å². The second-order valence-electron chi connectivity index (χ2n) is 2.69. The van der Waals surface area contributed by atoms with Crippen LogP contribution in [0.5, 0.6) is 0 Å². The van der Waals surface area contributed by atoms with Crippen molar-refractivity contribution in [2.75, 3.05) is 6.26 Å². The summed E-state index contributed by atoms with van der Waals surface area (Å²) < 4.78 is 1.08. The average Bonchev–Trinajstić information content (AvgIpc) is 2.55. The van der Waals surface area contributed by atoms with Crippen LogP contribution in [0.2, 0.25) is 5.02 Å². The van der Waals surface area contributed by atoms with Gasteiger partial charge in [0.25, 0.3) is 0 Å². The Balaban J connectivity index is 2.87. The van der Waals surface area contributed by atoms with Crippen LogP contribution in [0.1, 0.15) is 4.88 Å². The van der Waals surface area contributed by atoms with E-state index in [4.69, 9.17) is 16.9 Å². The van der Waals surface area contributed by atoms with Gasteiger partial charge in [0.1, 0.15) is 10.9 Å². The minimum absolute atomic E-state index is 0.595. The monoisotopic (exact) mass is 239 g/mol. The Hall–Kier alpha value is -0.690. The molecule has 0 saturated carbocycles. The fraction of sp³-hybridized carbons (Fsp3) is 0.100. The number of fused-ring (bicyclic) bond motifs is 1. The fourth-order valence-corrected chi connectivity index (χ4v) is 3.41. The summed E-state index contributed by atoms with van der Waals surface area (Å²) in [6.45, 7) is 0. The van der Waals surface area contributed by atoms with Gasteiger partial charge in [-0.3, -0.25) is 0 Å². The van der Waals surface area contributed by atoms with Crippen LogP contribution in [0.3, 0.4) is 0 Å². The van der Waals surface area contributed by atoms with Crippen LogP contribution >= 0.6 is 34.7 Å². The molecular weight excluding hydrogens is 234 g/mol. The third-order valence-electron chi connectivity index (χ3n) is 1.94. The summed E-state index contributed by atoms with van der Waals surface area (Å²) in [5.74, 6) is 0. The van der Waals surface area contributed by atoms with Crippen LogP contribution in [-0.2, 0) is 0 Å². The van der Waals surface area contributed by atoms with Crippen LogP contribution in [0.15, 0.2) is 23.1 Å². The molecule has 70 valence electrons. The van der Waals surface area contributed by atoms with Gasteiger partial charge in [-0.25, -0.2) is 0 Å². The Labute approximate surface area is 95.3 Å². The van der Waals surface area contributed by atoms with Gasteiger partial charge in [0.15, 0.2) is 0 Å². The van der Waals surface area contributed by atoms with Crippen molar-refractivity contribution in [1.82, 2.24) is 0 Å². The van der Waals surface area contributed by atoms with E-state index in [0.29, 0.717) is 9.90 Å². The quantitative estimate of drug-likeness (QED) is 0.698. The lowest BCUT2D eigenvalue weighted by atomic mass is 10.2. The van der Waals surface area contributed by atoms with Gasteiger partial charge < -0.3 is 0 Å². The number of nitriles is 1. The molecule has 0 saturated heterocycles. The van der Waals surface area contributed by atoms with E-state index in [0.717, 1.165) is 15.0 Å². The van der Waals surface area contributed by atoms with Gasteiger partial charge in [0, 0.05) is 15.0 Å². The maximum Gasteiger partial charge on any atom is 0.124 e. The van der Waals surface area contributed by atoms with Crippen molar-refractivity contribution in [2.24, 2.45) is 0 Å². The number of thioether (sulfide) groups is 1. The summed E-state index contributed by atoms with van der Waals surface area (Å²) in [7, 11) is 0. The summed E-state index contributed by atoms with van der Waals surface area (Å²) in [6.07, 6.45) is 2.01. The molecule has 1 aromatic carbocycles. The molecule has 14 heavy (non-hydrogen) atoms. The minimum Gasteiger partial charge on any atom is -0.191 e. The lowest BCUT2D eigenvalue weighted by Gasteiger charge is -1.98. The van der Waals surface area contributed by atoms with E-state index in [1.165, 1.54) is 11.3 Å². The van der Waals surface area contributed by atoms with E-state index in [-0.39, 0.29) is 0 Å². The largest absolute Gasteiger partial charge is 0.191 e. The number of hydrogen-bond acceptors (Lipinski definition) is 3. The molecule has 2 aromatic rings. The van der Waals surface area contributed by atoms with Gasteiger partial charge in [-0.15, -0.1) is 23.1 Å². The van der Waals surface area contributed by atoms with E-state index < -0.39 is 0 Å². The number of halogens is 1. The van der Waals surface area contributed by atoms with Gasteiger partial charge in [0.2, 0.25) is 0 Å². The molecule has 4 heteroatoms. The molecule has 0 bridgehead atoms. The predicted octanol–water partition coefficient (Wildman–Crippen LogP) is 4.15. The fourth-order valence-electron chi connectivity index (χ4n) is 1.32. The highest BCUT2D eigenvalue weighted by Gasteiger charge is 2.12. The Morgan fingerprint density at radius 2 is 2.29 bits per heavy atom. The van der Waals surface area contributed by atoms with Crippen molar-refractivity contribution in [2.45, 2.75) is 4.90 Å². The third-order valence-corrected chi connectivity index (χ3v) is 4.27. The SMILES string of the molecule is CSc1cccc2sc(C#N)c(Cl)c12. The lowest BCUT2D eigenvalue weighted by molar-refractivity contribution is 1.52. The van der Waals surface area contributed by atoms with Gasteiger partial charge in [0.05, 0.1) is 5.02 Å². The summed E-state index contributed by atoms with van der Waals surface area (Å²) in [6, 6.07) is 8.11. The highest BCUT2D eigenvalue weighted by molar-refractivity contribution is 7.98. The van der Waals surface area contributed by atoms with Crippen molar-refractivity contribution >= 4 is 44.8 Å². The molecule has 0 atom stereocenters. The molecule has 0 amide bonds. The number of rotatable bonds is 1. The average molecular weight is 240 g/mol. The van der Waals surface area contributed by atoms with Crippen molar-refractivity contribution < 1.29 is 0 Å². The molecule has 1 aromatic heterocycles. The summed E-state index contributed by atoms with van der Waals surface area (Å²) in [5, 5.41) is 10.5. The van der Waals surface area contributed by atoms with Gasteiger partial charge >= 0.3 is 0 Å². The molecule has 1 nitrogen and oxygen atoms in total. The molecule has 0 aliphatic carbocycles. The first-order valence-electron chi connectivity index (χ1n) is 3.93. The van der Waals surface area contributed by atoms with E-state index >= 15 is 0 Å². The van der Waals surface area contributed by atoms with E-state index in [1.54, 1.807) is 11.8 Å². The van der Waals surface area contributed by atoms with Crippen molar-refractivity contribution in [3.8, 4) is 6.07 Å². The minimum atomic E-state index is 0.595. The van der Waals surface area contributed by atoms with Crippen LogP contribution in [0, 0.1) is 11.3 Å². The van der Waals surface area contributed by atoms with Crippen LogP contribution < -0.4 is 0 Å². The zero-order valence-corrected chi connectivity index (χ0v) is 9.76. The topological polar surface area (TPSA) is 23.8 Å². The molecule has 0 spiro atoms. The highest BCUT2D eigenvalue weighted by Crippen LogP contribution is 2.39. The molecule has 0 aliphatic heterocycles. The molecule has 0 fully saturated rings. The third kappa shape index (κ3) is 1.40. The van der Waals surface area contributed by atoms with Crippen molar-refractivity contribution in [1.29, 1.82) is 5.26 Å². The second kappa shape index (κ2) is 3.82. The Bertz CT molecular complexity index is 525. The first-order valence-corrected chi connectivity index (χ1v) is 6.35. The lowest BCUT2D eigenvalue weighted by Crippen LogP contribution is -1.71. The standard InChI is InChI=1S/C10H6ClNS2/c1-13-6-3-2-4-7-9(6)10(11)8(5-12)14-7/h2-4H,1H3. The second-order valence-corrected chi connectivity index (χ2v) is 4.97. The Morgan fingerprint density at radius 1 is 1.50 bits per heavy atom. The zero-order chi connectivity index (χ0) is 10.1. The Kier molecular flexibility index (Phi) is 2.69. The number of hydrogen-bond donors (Lipinski definition) is 0. The summed E-state index contributed by atoms with van der Waals surface area (Å²) >= 11 is 9.21. The normalized spacial score (nSPS) is 10.4. The Morgan fingerprint density at radius 3 is 2.93 bits per heavy atom. The smallest absolute Gasteiger partial charge is 0.124 e. The maximum atomic E-state index is 8.85. The maximum absolute atomic E-state index is 8.85. The first-order chi connectivity index (χ1) is 6.77. The van der Waals surface area contributed by atoms with Gasteiger partial charge in [-0.2, -0.15) is 5.26 Å². The predicted molar refractivity (Wildman–Crippen MR) is 63.3 cm³/mol. The summed E-state index contributed by atoms with van der Waals surface area (Å²) in [4.78, 5) is 1.73. The molecule has 0 radical (unpaired) electrons. The van der Waals surface area contributed by atoms with E-state index in [1.807, 2.05) is 24.5 Å². The first kappa shape index (κ1) is 9.85. The highest BCUT2D eigenvalue weighted by atomic mass is 35.5. The molecule has 1 heterocycles. The molecule has 2 rings (SSSR count).